The first-order valence-corrected chi connectivity index (χ1v) is 7.55. The van der Waals surface area contributed by atoms with Crippen LogP contribution >= 0.6 is 11.6 Å². The van der Waals surface area contributed by atoms with Crippen molar-refractivity contribution in [3.05, 3.63) is 28.4 Å². The van der Waals surface area contributed by atoms with Gasteiger partial charge in [0.25, 0.3) is 0 Å². The monoisotopic (exact) mass is 290 g/mol. The predicted octanol–water partition coefficient (Wildman–Crippen LogP) is 4.21. The van der Waals surface area contributed by atoms with Gasteiger partial charge in [0, 0.05) is 17.6 Å². The molecule has 1 aromatic heterocycles. The molecule has 0 aliphatic heterocycles. The van der Waals surface area contributed by atoms with Gasteiger partial charge in [0.2, 0.25) is 0 Å². The maximum atomic E-state index is 6.44. The molecular formula is C16H19ClN2O. The molecule has 0 amide bonds. The average Bonchev–Trinajstić information content (AvgIpc) is 2.92. The Kier molecular flexibility index (Phi) is 3.70. The second-order valence-corrected chi connectivity index (χ2v) is 5.57. The highest BCUT2D eigenvalue weighted by molar-refractivity contribution is 6.36. The number of fused-ring (bicyclic) bond motifs is 2. The van der Waals surface area contributed by atoms with Crippen LogP contribution < -0.4 is 10.1 Å². The van der Waals surface area contributed by atoms with Gasteiger partial charge in [0.15, 0.2) is 0 Å². The Hall–Kier alpha value is -1.48. The number of benzene rings is 1. The van der Waals surface area contributed by atoms with E-state index in [4.69, 9.17) is 21.3 Å². The lowest BCUT2D eigenvalue weighted by atomic mass is 10.1. The van der Waals surface area contributed by atoms with E-state index in [1.807, 2.05) is 12.1 Å². The van der Waals surface area contributed by atoms with E-state index in [1.165, 1.54) is 17.7 Å². The van der Waals surface area contributed by atoms with Gasteiger partial charge in [-0.3, -0.25) is 0 Å². The standard InChI is InChI=1S/C16H19ClN2O/c1-3-9-18-15-10-5-4-6-12(10)19-16-13(20-2)8-7-11(17)14(15)16/h7-8H,3-6,9H2,1-2H3,(H,18,19). The highest BCUT2D eigenvalue weighted by Gasteiger charge is 2.22. The van der Waals surface area contributed by atoms with E-state index < -0.39 is 0 Å². The average molecular weight is 291 g/mol. The molecule has 0 atom stereocenters. The molecule has 0 bridgehead atoms. The van der Waals surface area contributed by atoms with Gasteiger partial charge in [-0.2, -0.15) is 0 Å². The first-order valence-electron chi connectivity index (χ1n) is 7.18. The molecular weight excluding hydrogens is 272 g/mol. The van der Waals surface area contributed by atoms with Crippen LogP contribution in [0.1, 0.15) is 31.0 Å². The number of halogens is 1. The van der Waals surface area contributed by atoms with Crippen LogP contribution in [0.3, 0.4) is 0 Å². The summed E-state index contributed by atoms with van der Waals surface area (Å²) in [6, 6.07) is 3.78. The highest BCUT2D eigenvalue weighted by Crippen LogP contribution is 2.40. The number of aromatic nitrogens is 1. The summed E-state index contributed by atoms with van der Waals surface area (Å²) in [6.07, 6.45) is 4.37. The van der Waals surface area contributed by atoms with Gasteiger partial charge in [-0.15, -0.1) is 0 Å². The second kappa shape index (κ2) is 5.49. The predicted molar refractivity (Wildman–Crippen MR) is 84.1 cm³/mol. The van der Waals surface area contributed by atoms with Crippen molar-refractivity contribution in [2.75, 3.05) is 19.0 Å². The molecule has 0 radical (unpaired) electrons. The summed E-state index contributed by atoms with van der Waals surface area (Å²) in [5.74, 6) is 0.790. The number of anilines is 1. The minimum Gasteiger partial charge on any atom is -0.494 e. The van der Waals surface area contributed by atoms with E-state index in [0.717, 1.165) is 53.2 Å². The van der Waals surface area contributed by atoms with Crippen molar-refractivity contribution in [2.24, 2.45) is 0 Å². The molecule has 2 aromatic rings. The number of methoxy groups -OCH3 is 1. The van der Waals surface area contributed by atoms with E-state index in [0.29, 0.717) is 0 Å². The van der Waals surface area contributed by atoms with Crippen molar-refractivity contribution < 1.29 is 4.74 Å². The zero-order chi connectivity index (χ0) is 14.1. The molecule has 0 saturated heterocycles. The fourth-order valence-corrected chi connectivity index (χ4v) is 3.16. The van der Waals surface area contributed by atoms with Crippen LogP contribution in [0.15, 0.2) is 12.1 Å². The summed E-state index contributed by atoms with van der Waals surface area (Å²) < 4.78 is 5.45. The maximum Gasteiger partial charge on any atom is 0.145 e. The number of hydrogen-bond donors (Lipinski definition) is 1. The second-order valence-electron chi connectivity index (χ2n) is 5.17. The molecule has 1 heterocycles. The van der Waals surface area contributed by atoms with Crippen molar-refractivity contribution in [2.45, 2.75) is 32.6 Å². The number of nitrogens with zero attached hydrogens (tertiary/aromatic N) is 1. The fraction of sp³-hybridized carbons (Fsp3) is 0.438. The van der Waals surface area contributed by atoms with Crippen LogP contribution in [-0.2, 0) is 12.8 Å². The number of ether oxygens (including phenoxy) is 1. The molecule has 1 aromatic carbocycles. The third-order valence-electron chi connectivity index (χ3n) is 3.85. The molecule has 106 valence electrons. The number of pyridine rings is 1. The van der Waals surface area contributed by atoms with Gasteiger partial charge >= 0.3 is 0 Å². The van der Waals surface area contributed by atoms with Crippen molar-refractivity contribution in [3.63, 3.8) is 0 Å². The summed E-state index contributed by atoms with van der Waals surface area (Å²) in [5, 5.41) is 5.29. The number of aryl methyl sites for hydroxylation is 1. The molecule has 4 heteroatoms. The Balaban J connectivity index is 2.31. The summed E-state index contributed by atoms with van der Waals surface area (Å²) in [4.78, 5) is 4.81. The Morgan fingerprint density at radius 2 is 2.20 bits per heavy atom. The van der Waals surface area contributed by atoms with Gasteiger partial charge in [-0.1, -0.05) is 18.5 Å². The lowest BCUT2D eigenvalue weighted by Crippen LogP contribution is -2.06. The van der Waals surface area contributed by atoms with Crippen molar-refractivity contribution in [3.8, 4) is 5.75 Å². The van der Waals surface area contributed by atoms with E-state index in [2.05, 4.69) is 12.2 Å². The minimum absolute atomic E-state index is 0.738. The topological polar surface area (TPSA) is 34.2 Å². The van der Waals surface area contributed by atoms with Crippen LogP contribution in [0.4, 0.5) is 5.69 Å². The molecule has 0 unspecified atom stereocenters. The molecule has 1 aliphatic carbocycles. The number of nitrogens with one attached hydrogen (secondary N) is 1. The van der Waals surface area contributed by atoms with Crippen LogP contribution in [0.5, 0.6) is 5.75 Å². The lowest BCUT2D eigenvalue weighted by molar-refractivity contribution is 0.419. The first kappa shape index (κ1) is 13.5. The molecule has 0 spiro atoms. The van der Waals surface area contributed by atoms with E-state index in [1.54, 1.807) is 7.11 Å². The molecule has 0 saturated carbocycles. The van der Waals surface area contributed by atoms with Crippen molar-refractivity contribution in [1.82, 2.24) is 4.98 Å². The van der Waals surface area contributed by atoms with Gasteiger partial charge in [0.05, 0.1) is 17.8 Å². The maximum absolute atomic E-state index is 6.44. The smallest absolute Gasteiger partial charge is 0.145 e. The quantitative estimate of drug-likeness (QED) is 0.916. The third kappa shape index (κ3) is 2.10. The van der Waals surface area contributed by atoms with Crippen LogP contribution in [-0.4, -0.2) is 18.6 Å². The van der Waals surface area contributed by atoms with Gasteiger partial charge < -0.3 is 10.1 Å². The molecule has 0 fully saturated rings. The van der Waals surface area contributed by atoms with Gasteiger partial charge in [-0.05, 0) is 43.4 Å². The molecule has 3 rings (SSSR count). The van der Waals surface area contributed by atoms with Crippen LogP contribution in [0.25, 0.3) is 10.9 Å². The summed E-state index contributed by atoms with van der Waals surface area (Å²) in [6.45, 7) is 3.11. The van der Waals surface area contributed by atoms with E-state index >= 15 is 0 Å². The van der Waals surface area contributed by atoms with E-state index in [9.17, 15) is 0 Å². The first-order chi connectivity index (χ1) is 9.76. The fourth-order valence-electron chi connectivity index (χ4n) is 2.91. The molecule has 1 aliphatic rings. The molecule has 20 heavy (non-hydrogen) atoms. The van der Waals surface area contributed by atoms with Gasteiger partial charge in [-0.25, -0.2) is 4.98 Å². The Morgan fingerprint density at radius 3 is 2.95 bits per heavy atom. The molecule has 3 nitrogen and oxygen atoms in total. The largest absolute Gasteiger partial charge is 0.494 e. The molecule has 1 N–H and O–H groups in total. The zero-order valence-electron chi connectivity index (χ0n) is 11.9. The van der Waals surface area contributed by atoms with Crippen LogP contribution in [0.2, 0.25) is 5.02 Å². The zero-order valence-corrected chi connectivity index (χ0v) is 12.7. The third-order valence-corrected chi connectivity index (χ3v) is 4.16. The van der Waals surface area contributed by atoms with E-state index in [-0.39, 0.29) is 0 Å². The number of rotatable bonds is 4. The summed E-state index contributed by atoms with van der Waals surface area (Å²) in [7, 11) is 1.68. The highest BCUT2D eigenvalue weighted by atomic mass is 35.5. The van der Waals surface area contributed by atoms with Crippen molar-refractivity contribution in [1.29, 1.82) is 0 Å². The normalized spacial score (nSPS) is 13.6. The minimum atomic E-state index is 0.738. The van der Waals surface area contributed by atoms with Crippen molar-refractivity contribution >= 4 is 28.2 Å². The van der Waals surface area contributed by atoms with Crippen LogP contribution in [0, 0.1) is 0 Å². The Bertz CT molecular complexity index is 655. The summed E-state index contributed by atoms with van der Waals surface area (Å²) in [5.41, 5.74) is 4.56. The SMILES string of the molecule is CCCNc1c2c(nc3c(OC)ccc(Cl)c13)CCC2. The summed E-state index contributed by atoms with van der Waals surface area (Å²) >= 11 is 6.44. The van der Waals surface area contributed by atoms with Gasteiger partial charge in [0.1, 0.15) is 11.3 Å². The Labute approximate surface area is 124 Å². The lowest BCUT2D eigenvalue weighted by Gasteiger charge is -2.16. The Morgan fingerprint density at radius 1 is 1.35 bits per heavy atom. The number of hydrogen-bond acceptors (Lipinski definition) is 3.